The molecule has 1 aliphatic carbocycles. The predicted octanol–water partition coefficient (Wildman–Crippen LogP) is 2.27. The van der Waals surface area contributed by atoms with E-state index in [-0.39, 0.29) is 0 Å². The molecule has 3 nitrogen and oxygen atoms in total. The first-order valence-electron chi connectivity index (χ1n) is 7.79. The Labute approximate surface area is 112 Å². The van der Waals surface area contributed by atoms with Gasteiger partial charge in [0.2, 0.25) is 0 Å². The van der Waals surface area contributed by atoms with E-state index in [4.69, 9.17) is 4.74 Å². The van der Waals surface area contributed by atoms with Crippen LogP contribution in [0.5, 0.6) is 0 Å². The van der Waals surface area contributed by atoms with Crippen molar-refractivity contribution in [1.29, 1.82) is 0 Å². The summed E-state index contributed by atoms with van der Waals surface area (Å²) >= 11 is 0. The molecule has 3 atom stereocenters. The summed E-state index contributed by atoms with van der Waals surface area (Å²) in [5, 5.41) is 3.69. The number of rotatable bonds is 6. The largest absolute Gasteiger partial charge is 0.384 e. The number of methoxy groups -OCH3 is 1. The fourth-order valence-corrected chi connectivity index (χ4v) is 3.62. The molecular weight excluding hydrogens is 224 g/mol. The Morgan fingerprint density at radius 2 is 2.17 bits per heavy atom. The summed E-state index contributed by atoms with van der Waals surface area (Å²) in [6.45, 7) is 6.95. The van der Waals surface area contributed by atoms with Gasteiger partial charge in [-0.3, -0.25) is 4.90 Å². The van der Waals surface area contributed by atoms with E-state index in [1.807, 2.05) is 7.11 Å². The number of hydrogen-bond donors (Lipinski definition) is 1. The van der Waals surface area contributed by atoms with Crippen molar-refractivity contribution >= 4 is 0 Å². The summed E-state index contributed by atoms with van der Waals surface area (Å²) in [4.78, 5) is 2.74. The molecule has 1 heterocycles. The van der Waals surface area contributed by atoms with Gasteiger partial charge in [0.25, 0.3) is 0 Å². The standard InChI is InChI=1S/C15H30N2O/c1-3-8-16-14-6-7-15(10-14)17-9-4-5-13(11-17)12-18-2/h13-16H,3-12H2,1-2H3. The van der Waals surface area contributed by atoms with Crippen LogP contribution in [0.3, 0.4) is 0 Å². The zero-order valence-electron chi connectivity index (χ0n) is 12.2. The molecule has 1 saturated heterocycles. The van der Waals surface area contributed by atoms with Crippen LogP contribution in [0.2, 0.25) is 0 Å². The van der Waals surface area contributed by atoms with E-state index in [1.54, 1.807) is 0 Å². The monoisotopic (exact) mass is 254 g/mol. The van der Waals surface area contributed by atoms with Crippen molar-refractivity contribution in [3.8, 4) is 0 Å². The smallest absolute Gasteiger partial charge is 0.0502 e. The Kier molecular flexibility index (Phi) is 5.93. The maximum Gasteiger partial charge on any atom is 0.0502 e. The molecule has 0 aromatic heterocycles. The summed E-state index contributed by atoms with van der Waals surface area (Å²) in [6.07, 6.45) is 8.09. The van der Waals surface area contributed by atoms with Gasteiger partial charge in [-0.25, -0.2) is 0 Å². The van der Waals surface area contributed by atoms with Gasteiger partial charge in [0, 0.05) is 25.7 Å². The van der Waals surface area contributed by atoms with Crippen molar-refractivity contribution < 1.29 is 4.74 Å². The van der Waals surface area contributed by atoms with Crippen molar-refractivity contribution in [2.75, 3.05) is 33.4 Å². The van der Waals surface area contributed by atoms with Crippen LogP contribution >= 0.6 is 0 Å². The zero-order valence-corrected chi connectivity index (χ0v) is 12.2. The molecule has 2 aliphatic rings. The highest BCUT2D eigenvalue weighted by Crippen LogP contribution is 2.28. The average Bonchev–Trinajstić information content (AvgIpc) is 2.86. The molecule has 2 rings (SSSR count). The minimum atomic E-state index is 0.770. The van der Waals surface area contributed by atoms with Gasteiger partial charge in [-0.15, -0.1) is 0 Å². The molecule has 2 fully saturated rings. The number of nitrogens with one attached hydrogen (secondary N) is 1. The van der Waals surface area contributed by atoms with Gasteiger partial charge in [0.1, 0.15) is 0 Å². The first-order chi connectivity index (χ1) is 8.83. The first kappa shape index (κ1) is 14.3. The number of ether oxygens (including phenoxy) is 1. The quantitative estimate of drug-likeness (QED) is 0.787. The van der Waals surface area contributed by atoms with Crippen LogP contribution in [-0.2, 0) is 4.74 Å². The molecule has 3 unspecified atom stereocenters. The minimum absolute atomic E-state index is 0.770. The van der Waals surface area contributed by atoms with E-state index in [0.717, 1.165) is 24.6 Å². The van der Waals surface area contributed by atoms with Crippen LogP contribution in [0.4, 0.5) is 0 Å². The van der Waals surface area contributed by atoms with Crippen LogP contribution in [0.25, 0.3) is 0 Å². The fraction of sp³-hybridized carbons (Fsp3) is 1.00. The minimum Gasteiger partial charge on any atom is -0.384 e. The van der Waals surface area contributed by atoms with E-state index in [0.29, 0.717) is 0 Å². The van der Waals surface area contributed by atoms with E-state index in [1.165, 1.54) is 58.2 Å². The van der Waals surface area contributed by atoms with Gasteiger partial charge < -0.3 is 10.1 Å². The number of hydrogen-bond acceptors (Lipinski definition) is 3. The second-order valence-corrected chi connectivity index (χ2v) is 6.08. The van der Waals surface area contributed by atoms with Crippen LogP contribution < -0.4 is 5.32 Å². The van der Waals surface area contributed by atoms with Crippen molar-refractivity contribution in [1.82, 2.24) is 10.2 Å². The van der Waals surface area contributed by atoms with E-state index >= 15 is 0 Å². The third kappa shape index (κ3) is 3.94. The molecule has 1 aliphatic heterocycles. The summed E-state index contributed by atoms with van der Waals surface area (Å²) in [7, 11) is 1.83. The van der Waals surface area contributed by atoms with E-state index in [9.17, 15) is 0 Å². The summed E-state index contributed by atoms with van der Waals surface area (Å²) < 4.78 is 5.33. The summed E-state index contributed by atoms with van der Waals surface area (Å²) in [5.41, 5.74) is 0. The summed E-state index contributed by atoms with van der Waals surface area (Å²) in [6, 6.07) is 1.61. The lowest BCUT2D eigenvalue weighted by Crippen LogP contribution is -2.43. The molecule has 0 spiro atoms. The molecule has 0 bridgehead atoms. The van der Waals surface area contributed by atoms with E-state index < -0.39 is 0 Å². The maximum atomic E-state index is 5.33. The van der Waals surface area contributed by atoms with Gasteiger partial charge in [-0.2, -0.15) is 0 Å². The number of nitrogens with zero attached hydrogens (tertiary/aromatic N) is 1. The SMILES string of the molecule is CCCNC1CCC(N2CCCC(COC)C2)C1. The number of piperidine rings is 1. The van der Waals surface area contributed by atoms with Gasteiger partial charge >= 0.3 is 0 Å². The van der Waals surface area contributed by atoms with Crippen LogP contribution in [-0.4, -0.2) is 50.3 Å². The van der Waals surface area contributed by atoms with Crippen LogP contribution in [0, 0.1) is 5.92 Å². The van der Waals surface area contributed by atoms with E-state index in [2.05, 4.69) is 17.1 Å². The lowest BCUT2D eigenvalue weighted by molar-refractivity contribution is 0.0689. The lowest BCUT2D eigenvalue weighted by atomic mass is 9.97. The van der Waals surface area contributed by atoms with Gasteiger partial charge in [0.15, 0.2) is 0 Å². The second-order valence-electron chi connectivity index (χ2n) is 6.08. The summed E-state index contributed by atoms with van der Waals surface area (Å²) in [5.74, 6) is 0.770. The Morgan fingerprint density at radius 1 is 1.28 bits per heavy atom. The van der Waals surface area contributed by atoms with Crippen LogP contribution in [0.1, 0.15) is 45.4 Å². The Bertz CT molecular complexity index is 233. The van der Waals surface area contributed by atoms with Crippen LogP contribution in [0.15, 0.2) is 0 Å². The number of likely N-dealkylation sites (tertiary alicyclic amines) is 1. The maximum absolute atomic E-state index is 5.33. The molecule has 0 aromatic carbocycles. The molecule has 1 N–H and O–H groups in total. The fourth-order valence-electron chi connectivity index (χ4n) is 3.62. The molecule has 0 amide bonds. The Balaban J connectivity index is 1.74. The van der Waals surface area contributed by atoms with Gasteiger partial charge in [0.05, 0.1) is 6.61 Å². The lowest BCUT2D eigenvalue weighted by Gasteiger charge is -2.36. The van der Waals surface area contributed by atoms with Gasteiger partial charge in [-0.1, -0.05) is 6.92 Å². The average molecular weight is 254 g/mol. The van der Waals surface area contributed by atoms with Gasteiger partial charge in [-0.05, 0) is 57.5 Å². The topological polar surface area (TPSA) is 24.5 Å². The molecule has 0 aromatic rings. The molecule has 106 valence electrons. The third-order valence-electron chi connectivity index (χ3n) is 4.56. The normalized spacial score (nSPS) is 34.0. The molecular formula is C15H30N2O. The molecule has 0 radical (unpaired) electrons. The molecule has 18 heavy (non-hydrogen) atoms. The van der Waals surface area contributed by atoms with Crippen molar-refractivity contribution in [2.45, 2.75) is 57.5 Å². The Morgan fingerprint density at radius 3 is 2.94 bits per heavy atom. The highest BCUT2D eigenvalue weighted by atomic mass is 16.5. The highest BCUT2D eigenvalue weighted by molar-refractivity contribution is 4.89. The second kappa shape index (κ2) is 7.46. The first-order valence-corrected chi connectivity index (χ1v) is 7.79. The predicted molar refractivity (Wildman–Crippen MR) is 75.9 cm³/mol. The van der Waals surface area contributed by atoms with Crippen molar-refractivity contribution in [3.05, 3.63) is 0 Å². The van der Waals surface area contributed by atoms with Crippen molar-refractivity contribution in [3.63, 3.8) is 0 Å². The molecule has 3 heteroatoms. The zero-order chi connectivity index (χ0) is 12.8. The highest BCUT2D eigenvalue weighted by Gasteiger charge is 2.31. The third-order valence-corrected chi connectivity index (χ3v) is 4.56. The molecule has 1 saturated carbocycles. The Hall–Kier alpha value is -0.120. The van der Waals surface area contributed by atoms with Crippen molar-refractivity contribution in [2.24, 2.45) is 5.92 Å².